The lowest BCUT2D eigenvalue weighted by Crippen LogP contribution is -2.42. The summed E-state index contributed by atoms with van der Waals surface area (Å²) < 4.78 is 69.5. The van der Waals surface area contributed by atoms with Gasteiger partial charge >= 0.3 is 23.7 Å². The van der Waals surface area contributed by atoms with E-state index < -0.39 is 41.7 Å². The number of carbonyl (C=O) groups excluding carboxylic acids is 2. The number of carboxylic acid groups (broad SMARTS) is 1. The van der Waals surface area contributed by atoms with Gasteiger partial charge in [-0.2, -0.15) is 26.3 Å². The SMILES string of the molecule is CC(O)[C@@H]1C(=O)N(c2ccc(SC(F)(F)F)cc2)C(=O)N1Cc1ccnc2ccccc12.O=C(O)C(F)(F)F. The fourth-order valence-electron chi connectivity index (χ4n) is 3.75. The molecule has 0 radical (unpaired) electrons. The van der Waals surface area contributed by atoms with Crippen LogP contribution >= 0.6 is 11.8 Å². The second kappa shape index (κ2) is 11.5. The molecule has 3 aromatic rings. The molecule has 39 heavy (non-hydrogen) atoms. The molecular formula is C24H19F6N3O5S. The monoisotopic (exact) mass is 575 g/mol. The largest absolute Gasteiger partial charge is 0.490 e. The Morgan fingerprint density at radius 3 is 2.15 bits per heavy atom. The lowest BCUT2D eigenvalue weighted by Gasteiger charge is -2.24. The van der Waals surface area contributed by atoms with Crippen molar-refractivity contribution in [2.24, 2.45) is 0 Å². The predicted octanol–water partition coefficient (Wildman–Crippen LogP) is 5.20. The van der Waals surface area contributed by atoms with Crippen molar-refractivity contribution >= 4 is 46.3 Å². The molecule has 2 atom stereocenters. The smallest absolute Gasteiger partial charge is 0.475 e. The number of aliphatic hydroxyl groups excluding tert-OH is 1. The van der Waals surface area contributed by atoms with Gasteiger partial charge in [0.05, 0.1) is 17.3 Å². The molecule has 1 unspecified atom stereocenters. The number of carboxylic acids is 1. The van der Waals surface area contributed by atoms with Crippen molar-refractivity contribution in [2.45, 2.75) is 42.2 Å². The molecule has 1 saturated heterocycles. The summed E-state index contributed by atoms with van der Waals surface area (Å²) in [5.74, 6) is -3.40. The number of aliphatic carboxylic acids is 1. The van der Waals surface area contributed by atoms with Crippen LogP contribution in [0.25, 0.3) is 10.9 Å². The van der Waals surface area contributed by atoms with Crippen LogP contribution in [0.15, 0.2) is 65.7 Å². The first-order valence-electron chi connectivity index (χ1n) is 10.9. The van der Waals surface area contributed by atoms with Crippen LogP contribution in [0.5, 0.6) is 0 Å². The molecule has 0 aliphatic carbocycles. The molecule has 15 heteroatoms. The maximum atomic E-state index is 13.2. The summed E-state index contributed by atoms with van der Waals surface area (Å²) in [5, 5.41) is 18.2. The highest BCUT2D eigenvalue weighted by Crippen LogP contribution is 2.38. The van der Waals surface area contributed by atoms with Crippen molar-refractivity contribution in [3.8, 4) is 0 Å². The number of imide groups is 1. The molecule has 1 fully saturated rings. The Morgan fingerprint density at radius 2 is 1.62 bits per heavy atom. The van der Waals surface area contributed by atoms with E-state index in [0.717, 1.165) is 21.4 Å². The van der Waals surface area contributed by atoms with E-state index in [1.807, 2.05) is 24.3 Å². The van der Waals surface area contributed by atoms with Crippen molar-refractivity contribution in [2.75, 3.05) is 4.90 Å². The van der Waals surface area contributed by atoms with E-state index in [2.05, 4.69) is 4.98 Å². The minimum absolute atomic E-state index is 0.0572. The zero-order valence-electron chi connectivity index (χ0n) is 19.8. The first kappa shape index (κ1) is 29.7. The molecule has 2 heterocycles. The van der Waals surface area contributed by atoms with Crippen LogP contribution < -0.4 is 4.90 Å². The van der Waals surface area contributed by atoms with Crippen LogP contribution in [0.2, 0.25) is 0 Å². The third kappa shape index (κ3) is 7.17. The molecule has 1 aliphatic heterocycles. The van der Waals surface area contributed by atoms with E-state index in [1.165, 1.54) is 36.1 Å². The number of rotatable bonds is 5. The summed E-state index contributed by atoms with van der Waals surface area (Å²) in [5.41, 5.74) is -2.82. The maximum Gasteiger partial charge on any atom is 0.490 e. The number of amides is 3. The van der Waals surface area contributed by atoms with Crippen LogP contribution in [-0.4, -0.2) is 61.8 Å². The average Bonchev–Trinajstić information content (AvgIpc) is 3.08. The van der Waals surface area contributed by atoms with Gasteiger partial charge in [-0.3, -0.25) is 9.78 Å². The Kier molecular flexibility index (Phi) is 8.75. The van der Waals surface area contributed by atoms with Crippen molar-refractivity contribution in [3.05, 3.63) is 66.4 Å². The number of anilines is 1. The van der Waals surface area contributed by atoms with Gasteiger partial charge in [-0.05, 0) is 60.6 Å². The highest BCUT2D eigenvalue weighted by Gasteiger charge is 2.48. The highest BCUT2D eigenvalue weighted by atomic mass is 32.2. The summed E-state index contributed by atoms with van der Waals surface area (Å²) in [6.45, 7) is 1.47. The Labute approximate surface area is 220 Å². The number of hydrogen-bond acceptors (Lipinski definition) is 6. The summed E-state index contributed by atoms with van der Waals surface area (Å²) in [4.78, 5) is 41.5. The van der Waals surface area contributed by atoms with E-state index in [1.54, 1.807) is 12.3 Å². The van der Waals surface area contributed by atoms with Gasteiger partial charge in [0.1, 0.15) is 6.04 Å². The van der Waals surface area contributed by atoms with E-state index in [-0.39, 0.29) is 28.9 Å². The quantitative estimate of drug-likeness (QED) is 0.245. The summed E-state index contributed by atoms with van der Waals surface area (Å²) >= 11 is -0.282. The average molecular weight is 575 g/mol. The van der Waals surface area contributed by atoms with Gasteiger partial charge < -0.3 is 15.1 Å². The number of nitrogens with zero attached hydrogens (tertiary/aromatic N) is 3. The van der Waals surface area contributed by atoms with E-state index in [0.29, 0.717) is 0 Å². The van der Waals surface area contributed by atoms with Crippen LogP contribution in [0.3, 0.4) is 0 Å². The number of aliphatic hydroxyl groups is 1. The first-order chi connectivity index (χ1) is 18.1. The van der Waals surface area contributed by atoms with Gasteiger partial charge in [0.15, 0.2) is 0 Å². The maximum absolute atomic E-state index is 13.2. The summed E-state index contributed by atoms with van der Waals surface area (Å²) in [6.07, 6.45) is -4.63. The van der Waals surface area contributed by atoms with Crippen molar-refractivity contribution < 1.29 is 50.9 Å². The number of halogens is 6. The predicted molar refractivity (Wildman–Crippen MR) is 128 cm³/mol. The molecule has 3 amide bonds. The number of hydrogen-bond donors (Lipinski definition) is 2. The molecule has 1 aliphatic rings. The lowest BCUT2D eigenvalue weighted by atomic mass is 10.1. The normalized spacial score (nSPS) is 16.8. The first-order valence-corrected chi connectivity index (χ1v) is 11.7. The molecule has 8 nitrogen and oxygen atoms in total. The van der Waals surface area contributed by atoms with Crippen molar-refractivity contribution in [1.82, 2.24) is 9.88 Å². The van der Waals surface area contributed by atoms with E-state index in [9.17, 15) is 41.0 Å². The highest BCUT2D eigenvalue weighted by molar-refractivity contribution is 8.00. The number of para-hydroxylation sites is 1. The van der Waals surface area contributed by atoms with Gasteiger partial charge in [0.2, 0.25) is 0 Å². The second-order valence-corrected chi connectivity index (χ2v) is 9.24. The fraction of sp³-hybridized carbons (Fsp3) is 0.250. The number of thioether (sulfide) groups is 1. The minimum atomic E-state index is -5.08. The number of aromatic nitrogens is 1. The van der Waals surface area contributed by atoms with Crippen molar-refractivity contribution in [3.63, 3.8) is 0 Å². The lowest BCUT2D eigenvalue weighted by molar-refractivity contribution is -0.192. The number of carbonyl (C=O) groups is 3. The number of pyridine rings is 1. The van der Waals surface area contributed by atoms with Gasteiger partial charge in [-0.15, -0.1) is 0 Å². The molecule has 4 rings (SSSR count). The van der Waals surface area contributed by atoms with Gasteiger partial charge in [-0.25, -0.2) is 14.5 Å². The Balaban J connectivity index is 0.000000532. The topological polar surface area (TPSA) is 111 Å². The standard InChI is InChI=1S/C22H18F3N3O3S.C2HF3O2/c1-13(29)19-20(30)28(15-6-8-16(9-7-15)32-22(23,24)25)21(31)27(19)12-14-10-11-26-18-5-3-2-4-17(14)18;3-2(4,5)1(6)7/h2-11,13,19,29H,12H2,1H3;(H,6,7)/t13?,19-;/m1./s1. The van der Waals surface area contributed by atoms with Crippen LogP contribution in [0, 0.1) is 0 Å². The van der Waals surface area contributed by atoms with Gasteiger partial charge in [-0.1, -0.05) is 18.2 Å². The molecule has 0 saturated carbocycles. The minimum Gasteiger partial charge on any atom is -0.475 e. The van der Waals surface area contributed by atoms with Crippen LogP contribution in [-0.2, 0) is 16.1 Å². The molecule has 2 N–H and O–H groups in total. The molecule has 208 valence electrons. The second-order valence-electron chi connectivity index (χ2n) is 8.10. The number of benzene rings is 2. The van der Waals surface area contributed by atoms with Gasteiger partial charge in [0.25, 0.3) is 5.91 Å². The molecule has 2 aromatic carbocycles. The molecule has 0 bridgehead atoms. The zero-order valence-corrected chi connectivity index (χ0v) is 20.6. The molecular weight excluding hydrogens is 556 g/mol. The molecule has 1 aromatic heterocycles. The number of fused-ring (bicyclic) bond motifs is 1. The van der Waals surface area contributed by atoms with Crippen molar-refractivity contribution in [1.29, 1.82) is 0 Å². The molecule has 0 spiro atoms. The number of alkyl halides is 6. The fourth-order valence-corrected chi connectivity index (χ4v) is 4.29. The zero-order chi connectivity index (χ0) is 29.1. The van der Waals surface area contributed by atoms with E-state index >= 15 is 0 Å². The third-order valence-electron chi connectivity index (χ3n) is 5.35. The summed E-state index contributed by atoms with van der Waals surface area (Å²) in [6, 6.07) is 12.3. The Morgan fingerprint density at radius 1 is 1.03 bits per heavy atom. The number of urea groups is 1. The van der Waals surface area contributed by atoms with Crippen LogP contribution in [0.1, 0.15) is 12.5 Å². The van der Waals surface area contributed by atoms with Gasteiger partial charge in [0, 0.05) is 23.0 Å². The Hall–Kier alpha value is -3.85. The summed E-state index contributed by atoms with van der Waals surface area (Å²) in [7, 11) is 0. The third-order valence-corrected chi connectivity index (χ3v) is 6.09. The Bertz CT molecular complexity index is 1360. The van der Waals surface area contributed by atoms with E-state index in [4.69, 9.17) is 9.90 Å². The van der Waals surface area contributed by atoms with Crippen LogP contribution in [0.4, 0.5) is 36.8 Å².